The lowest BCUT2D eigenvalue weighted by Gasteiger charge is -2.13. The predicted octanol–water partition coefficient (Wildman–Crippen LogP) is 5.16. The first-order valence-corrected chi connectivity index (χ1v) is 14.2. The molecule has 4 rings (SSSR count). The zero-order valence-electron chi connectivity index (χ0n) is 20.1. The first-order chi connectivity index (χ1) is 17.5. The quantitative estimate of drug-likeness (QED) is 0.288. The number of nitrogens with one attached hydrogen (secondary N) is 3. The summed E-state index contributed by atoms with van der Waals surface area (Å²) in [7, 11) is -7.74. The zero-order valence-corrected chi connectivity index (χ0v) is 21.7. The second-order valence-electron chi connectivity index (χ2n) is 8.41. The summed E-state index contributed by atoms with van der Waals surface area (Å²) in [4.78, 5) is 12.9. The van der Waals surface area contributed by atoms with Gasteiger partial charge in [0.05, 0.1) is 9.79 Å². The summed E-state index contributed by atoms with van der Waals surface area (Å²) in [6, 6.07) is 25.5. The van der Waals surface area contributed by atoms with E-state index in [0.717, 1.165) is 5.56 Å². The van der Waals surface area contributed by atoms with Crippen LogP contribution in [0.2, 0.25) is 0 Å². The lowest BCUT2D eigenvalue weighted by Crippen LogP contribution is -2.17. The molecule has 0 unspecified atom stereocenters. The molecule has 190 valence electrons. The molecule has 1 amide bonds. The molecule has 0 radical (unpaired) electrons. The Bertz CT molecular complexity index is 1650. The second-order valence-corrected chi connectivity index (χ2v) is 11.7. The van der Waals surface area contributed by atoms with Crippen molar-refractivity contribution in [3.8, 4) is 0 Å². The monoisotopic (exact) mass is 535 g/mol. The summed E-state index contributed by atoms with van der Waals surface area (Å²) >= 11 is 0. The van der Waals surface area contributed by atoms with E-state index < -0.39 is 26.0 Å². The van der Waals surface area contributed by atoms with Crippen LogP contribution in [0.25, 0.3) is 0 Å². The Hall–Kier alpha value is -4.15. The van der Waals surface area contributed by atoms with Crippen LogP contribution in [-0.4, -0.2) is 22.7 Å². The van der Waals surface area contributed by atoms with Gasteiger partial charge in [-0.3, -0.25) is 14.2 Å². The van der Waals surface area contributed by atoms with E-state index in [1.807, 2.05) is 13.0 Å². The highest BCUT2D eigenvalue weighted by atomic mass is 32.2. The SMILES string of the molecule is Cc1cccc(NS(=O)(=O)c2ccc(NC(=O)c3ccc(C)c(S(=O)(=O)Nc4ccccc4)c3)cc2)c1. The smallest absolute Gasteiger partial charge is 0.262 e. The number of anilines is 3. The molecule has 0 aliphatic heterocycles. The summed E-state index contributed by atoms with van der Waals surface area (Å²) in [6.07, 6.45) is 0. The van der Waals surface area contributed by atoms with Crippen molar-refractivity contribution in [2.45, 2.75) is 23.6 Å². The van der Waals surface area contributed by atoms with E-state index in [1.165, 1.54) is 36.4 Å². The van der Waals surface area contributed by atoms with Crippen LogP contribution >= 0.6 is 0 Å². The number of aryl methyl sites for hydroxylation is 2. The highest BCUT2D eigenvalue weighted by Gasteiger charge is 2.20. The molecule has 10 heteroatoms. The van der Waals surface area contributed by atoms with Crippen LogP contribution in [0, 0.1) is 13.8 Å². The topological polar surface area (TPSA) is 121 Å². The lowest BCUT2D eigenvalue weighted by molar-refractivity contribution is 0.102. The molecule has 37 heavy (non-hydrogen) atoms. The van der Waals surface area contributed by atoms with Crippen molar-refractivity contribution in [2.75, 3.05) is 14.8 Å². The van der Waals surface area contributed by atoms with Crippen molar-refractivity contribution in [2.24, 2.45) is 0 Å². The van der Waals surface area contributed by atoms with E-state index in [2.05, 4.69) is 14.8 Å². The lowest BCUT2D eigenvalue weighted by atomic mass is 10.1. The zero-order chi connectivity index (χ0) is 26.6. The third kappa shape index (κ3) is 6.35. The molecule has 0 atom stereocenters. The Morgan fingerprint density at radius 3 is 1.95 bits per heavy atom. The predicted molar refractivity (Wildman–Crippen MR) is 145 cm³/mol. The Labute approximate surface area is 216 Å². The van der Waals surface area contributed by atoms with Gasteiger partial charge in [0.2, 0.25) is 0 Å². The first-order valence-electron chi connectivity index (χ1n) is 11.2. The Morgan fingerprint density at radius 1 is 0.622 bits per heavy atom. The molecule has 0 saturated carbocycles. The molecule has 4 aromatic rings. The molecule has 0 heterocycles. The number of para-hydroxylation sites is 1. The van der Waals surface area contributed by atoms with Gasteiger partial charge in [0.15, 0.2) is 0 Å². The second kappa shape index (κ2) is 10.5. The number of amides is 1. The minimum atomic E-state index is -3.93. The maximum Gasteiger partial charge on any atom is 0.262 e. The van der Waals surface area contributed by atoms with Gasteiger partial charge in [0, 0.05) is 22.6 Å². The van der Waals surface area contributed by atoms with Crippen molar-refractivity contribution >= 4 is 43.0 Å². The molecule has 4 aromatic carbocycles. The van der Waals surface area contributed by atoms with Crippen molar-refractivity contribution < 1.29 is 21.6 Å². The summed E-state index contributed by atoms with van der Waals surface area (Å²) in [5, 5.41) is 2.67. The normalized spacial score (nSPS) is 11.5. The van der Waals surface area contributed by atoms with E-state index in [4.69, 9.17) is 0 Å². The van der Waals surface area contributed by atoms with Gasteiger partial charge in [-0.05, 0) is 85.6 Å². The van der Waals surface area contributed by atoms with Crippen LogP contribution in [0.3, 0.4) is 0 Å². The maximum absolute atomic E-state index is 12.9. The van der Waals surface area contributed by atoms with Crippen molar-refractivity contribution in [3.63, 3.8) is 0 Å². The fraction of sp³-hybridized carbons (Fsp3) is 0.0741. The number of carbonyl (C=O) groups is 1. The Balaban J connectivity index is 1.49. The number of carbonyl (C=O) groups excluding carboxylic acids is 1. The third-order valence-electron chi connectivity index (χ3n) is 5.46. The van der Waals surface area contributed by atoms with Gasteiger partial charge in [0.25, 0.3) is 26.0 Å². The molecule has 8 nitrogen and oxygen atoms in total. The van der Waals surface area contributed by atoms with Crippen molar-refractivity contribution in [1.29, 1.82) is 0 Å². The Kier molecular flexibility index (Phi) is 7.33. The summed E-state index contributed by atoms with van der Waals surface area (Å²) < 4.78 is 56.3. The molecule has 3 N–H and O–H groups in total. The standard InChI is InChI=1S/C27H25N3O5S2/c1-19-7-6-10-24(17-19)30-36(32,33)25-15-13-22(14-16-25)28-27(31)21-12-11-20(2)26(18-21)37(34,35)29-23-8-4-3-5-9-23/h3-18,29-30H,1-2H3,(H,28,31). The van der Waals surface area contributed by atoms with Gasteiger partial charge < -0.3 is 5.32 Å². The van der Waals surface area contributed by atoms with Crippen LogP contribution in [0.1, 0.15) is 21.5 Å². The minimum Gasteiger partial charge on any atom is -0.322 e. The molecule has 0 spiro atoms. The van der Waals surface area contributed by atoms with E-state index in [0.29, 0.717) is 22.6 Å². The molecular formula is C27H25N3O5S2. The molecule has 0 aliphatic rings. The van der Waals surface area contributed by atoms with Crippen molar-refractivity contribution in [1.82, 2.24) is 0 Å². The number of hydrogen-bond donors (Lipinski definition) is 3. The molecule has 0 saturated heterocycles. The highest BCUT2D eigenvalue weighted by molar-refractivity contribution is 7.93. The first kappa shape index (κ1) is 25.9. The van der Waals surface area contributed by atoms with Crippen LogP contribution in [-0.2, 0) is 20.0 Å². The van der Waals surface area contributed by atoms with E-state index in [-0.39, 0.29) is 15.4 Å². The average molecular weight is 536 g/mol. The van der Waals surface area contributed by atoms with Crippen LogP contribution in [0.5, 0.6) is 0 Å². The molecule has 0 bridgehead atoms. The number of sulfonamides is 2. The minimum absolute atomic E-state index is 0.0207. The average Bonchev–Trinajstić information content (AvgIpc) is 2.84. The van der Waals surface area contributed by atoms with E-state index in [1.54, 1.807) is 61.5 Å². The largest absolute Gasteiger partial charge is 0.322 e. The Morgan fingerprint density at radius 2 is 1.27 bits per heavy atom. The van der Waals surface area contributed by atoms with Gasteiger partial charge in [-0.1, -0.05) is 36.4 Å². The molecule has 0 fully saturated rings. The van der Waals surface area contributed by atoms with Gasteiger partial charge >= 0.3 is 0 Å². The molecular weight excluding hydrogens is 510 g/mol. The summed E-state index contributed by atoms with van der Waals surface area (Å²) in [5.41, 5.74) is 2.74. The fourth-order valence-corrected chi connectivity index (χ4v) is 5.97. The number of hydrogen-bond acceptors (Lipinski definition) is 5. The number of rotatable bonds is 8. The van der Waals surface area contributed by atoms with Gasteiger partial charge in [0.1, 0.15) is 0 Å². The van der Waals surface area contributed by atoms with Gasteiger partial charge in [-0.25, -0.2) is 16.8 Å². The summed E-state index contributed by atoms with van der Waals surface area (Å²) in [5.74, 6) is -0.537. The van der Waals surface area contributed by atoms with Crippen LogP contribution in [0.4, 0.5) is 17.1 Å². The van der Waals surface area contributed by atoms with Gasteiger partial charge in [-0.15, -0.1) is 0 Å². The van der Waals surface area contributed by atoms with Crippen LogP contribution < -0.4 is 14.8 Å². The third-order valence-corrected chi connectivity index (χ3v) is 8.38. The van der Waals surface area contributed by atoms with Crippen molar-refractivity contribution in [3.05, 3.63) is 114 Å². The van der Waals surface area contributed by atoms with E-state index in [9.17, 15) is 21.6 Å². The molecule has 0 aromatic heterocycles. The van der Waals surface area contributed by atoms with Crippen LogP contribution in [0.15, 0.2) is 107 Å². The fourth-order valence-electron chi connectivity index (χ4n) is 3.59. The van der Waals surface area contributed by atoms with Gasteiger partial charge in [-0.2, -0.15) is 0 Å². The number of benzene rings is 4. The highest BCUT2D eigenvalue weighted by Crippen LogP contribution is 2.23. The molecule has 0 aliphatic carbocycles. The summed E-state index contributed by atoms with van der Waals surface area (Å²) in [6.45, 7) is 3.51. The van der Waals surface area contributed by atoms with E-state index >= 15 is 0 Å². The maximum atomic E-state index is 12.9.